The fourth-order valence-corrected chi connectivity index (χ4v) is 0.680. The molecule has 1 rings (SSSR count). The van der Waals surface area contributed by atoms with Gasteiger partial charge >= 0.3 is 0 Å². The molecule has 1 aliphatic carbocycles. The summed E-state index contributed by atoms with van der Waals surface area (Å²) in [5, 5.41) is 8.86. The second kappa shape index (κ2) is 1.71. The number of carbonyl (C=O) groups excluding carboxylic acids is 1. The Bertz CT molecular complexity index is 137. The van der Waals surface area contributed by atoms with Crippen LogP contribution in [0.1, 0.15) is 6.92 Å². The normalized spacial score (nSPS) is 36.5. The maximum absolute atomic E-state index is 10.5. The Balaban J connectivity index is 2.69. The molecule has 0 heterocycles. The molecule has 2 nitrogen and oxygen atoms in total. The van der Waals surface area contributed by atoms with Gasteiger partial charge in [0.2, 0.25) is 0 Å². The number of ketones is 1. The van der Waals surface area contributed by atoms with E-state index in [0.29, 0.717) is 0 Å². The van der Waals surface area contributed by atoms with E-state index in [-0.39, 0.29) is 11.7 Å². The van der Waals surface area contributed by atoms with Crippen LogP contribution in [0.15, 0.2) is 12.2 Å². The zero-order chi connectivity index (χ0) is 6.15. The molecule has 2 atom stereocenters. The summed E-state index contributed by atoms with van der Waals surface area (Å²) in [6.45, 7) is 1.72. The molecule has 0 saturated carbocycles. The second-order valence-corrected chi connectivity index (χ2v) is 2.04. The van der Waals surface area contributed by atoms with Gasteiger partial charge in [-0.25, -0.2) is 0 Å². The molecule has 1 aliphatic rings. The van der Waals surface area contributed by atoms with Crippen LogP contribution in [-0.2, 0) is 4.79 Å². The lowest BCUT2D eigenvalue weighted by Crippen LogP contribution is -2.15. The quantitative estimate of drug-likeness (QED) is 0.483. The zero-order valence-electron chi connectivity index (χ0n) is 4.66. The number of rotatable bonds is 0. The van der Waals surface area contributed by atoms with Crippen LogP contribution in [0.25, 0.3) is 0 Å². The van der Waals surface area contributed by atoms with Crippen LogP contribution in [0.4, 0.5) is 0 Å². The van der Waals surface area contributed by atoms with E-state index in [1.165, 1.54) is 12.2 Å². The molecule has 44 valence electrons. The van der Waals surface area contributed by atoms with E-state index in [4.69, 9.17) is 5.11 Å². The molecule has 0 amide bonds. The maximum atomic E-state index is 10.5. The average molecular weight is 112 g/mol. The van der Waals surface area contributed by atoms with Crippen molar-refractivity contribution < 1.29 is 9.90 Å². The Labute approximate surface area is 47.8 Å². The molecular formula is C6H8O2. The van der Waals surface area contributed by atoms with Gasteiger partial charge in [-0.3, -0.25) is 4.79 Å². The van der Waals surface area contributed by atoms with Gasteiger partial charge < -0.3 is 5.11 Å². The van der Waals surface area contributed by atoms with E-state index in [1.54, 1.807) is 6.92 Å². The van der Waals surface area contributed by atoms with Crippen LogP contribution in [0.2, 0.25) is 0 Å². The SMILES string of the molecule is C[C@@H]1C(=O)C=C[C@H]1O. The smallest absolute Gasteiger partial charge is 0.161 e. The monoisotopic (exact) mass is 112 g/mol. The van der Waals surface area contributed by atoms with Gasteiger partial charge in [0.15, 0.2) is 5.78 Å². The largest absolute Gasteiger partial charge is 0.388 e. The molecule has 0 radical (unpaired) electrons. The minimum atomic E-state index is -0.539. The maximum Gasteiger partial charge on any atom is 0.161 e. The van der Waals surface area contributed by atoms with E-state index in [9.17, 15) is 4.79 Å². The first-order chi connectivity index (χ1) is 3.72. The molecule has 8 heavy (non-hydrogen) atoms. The summed E-state index contributed by atoms with van der Waals surface area (Å²) in [6, 6.07) is 0. The lowest BCUT2D eigenvalue weighted by atomic mass is 10.1. The Hall–Kier alpha value is -0.630. The molecule has 1 N–H and O–H groups in total. The lowest BCUT2D eigenvalue weighted by molar-refractivity contribution is -0.118. The summed E-state index contributed by atoms with van der Waals surface area (Å²) in [5.41, 5.74) is 0. The van der Waals surface area contributed by atoms with Crippen LogP contribution in [0, 0.1) is 5.92 Å². The molecule has 0 aromatic rings. The van der Waals surface area contributed by atoms with Gasteiger partial charge in [0.25, 0.3) is 0 Å². The van der Waals surface area contributed by atoms with Gasteiger partial charge in [-0.15, -0.1) is 0 Å². The molecule has 0 aliphatic heterocycles. The molecule has 0 fully saturated rings. The predicted octanol–water partition coefficient (Wildman–Crippen LogP) is 0.122. The first kappa shape index (κ1) is 5.51. The van der Waals surface area contributed by atoms with Crippen molar-refractivity contribution in [1.29, 1.82) is 0 Å². The van der Waals surface area contributed by atoms with E-state index < -0.39 is 6.10 Å². The predicted molar refractivity (Wildman–Crippen MR) is 29.3 cm³/mol. The summed E-state index contributed by atoms with van der Waals surface area (Å²) in [6.07, 6.45) is 2.41. The van der Waals surface area contributed by atoms with Gasteiger partial charge in [-0.05, 0) is 6.08 Å². The minimum absolute atomic E-state index is 0.0255. The van der Waals surface area contributed by atoms with Gasteiger partial charge in [0.05, 0.1) is 6.10 Å². The summed E-state index contributed by atoms with van der Waals surface area (Å²) < 4.78 is 0. The standard InChI is InChI=1S/C6H8O2/c1-4-5(7)2-3-6(4)8/h2-5,7H,1H3/t4-,5+/m0/s1. The van der Waals surface area contributed by atoms with Crippen molar-refractivity contribution in [2.24, 2.45) is 5.92 Å². The van der Waals surface area contributed by atoms with E-state index >= 15 is 0 Å². The topological polar surface area (TPSA) is 37.3 Å². The Kier molecular flexibility index (Phi) is 1.18. The van der Waals surface area contributed by atoms with Crippen molar-refractivity contribution in [2.45, 2.75) is 13.0 Å². The summed E-state index contributed by atoms with van der Waals surface area (Å²) in [4.78, 5) is 10.5. The van der Waals surface area contributed by atoms with E-state index in [2.05, 4.69) is 0 Å². The van der Waals surface area contributed by atoms with Crippen molar-refractivity contribution in [3.8, 4) is 0 Å². The third-order valence-electron chi connectivity index (χ3n) is 1.42. The van der Waals surface area contributed by atoms with Gasteiger partial charge in [-0.1, -0.05) is 13.0 Å². The molecule has 0 spiro atoms. The highest BCUT2D eigenvalue weighted by molar-refractivity contribution is 5.94. The van der Waals surface area contributed by atoms with Crippen molar-refractivity contribution in [1.82, 2.24) is 0 Å². The second-order valence-electron chi connectivity index (χ2n) is 2.04. The number of carbonyl (C=O) groups is 1. The van der Waals surface area contributed by atoms with Gasteiger partial charge in [0, 0.05) is 5.92 Å². The number of hydrogen-bond acceptors (Lipinski definition) is 2. The van der Waals surface area contributed by atoms with Gasteiger partial charge in [-0.2, -0.15) is 0 Å². The molecule has 0 aromatic heterocycles. The van der Waals surface area contributed by atoms with Crippen LogP contribution >= 0.6 is 0 Å². The Morgan fingerprint density at radius 1 is 1.75 bits per heavy atom. The third kappa shape index (κ3) is 0.670. The van der Waals surface area contributed by atoms with Crippen LogP contribution in [-0.4, -0.2) is 17.0 Å². The fraction of sp³-hybridized carbons (Fsp3) is 0.500. The Morgan fingerprint density at radius 3 is 2.50 bits per heavy atom. The molecular weight excluding hydrogens is 104 g/mol. The van der Waals surface area contributed by atoms with Crippen molar-refractivity contribution >= 4 is 5.78 Å². The summed E-state index contributed by atoms with van der Waals surface area (Å²) in [5.74, 6) is -0.188. The van der Waals surface area contributed by atoms with Crippen molar-refractivity contribution in [3.63, 3.8) is 0 Å². The first-order valence-electron chi connectivity index (χ1n) is 2.62. The van der Waals surface area contributed by atoms with Gasteiger partial charge in [0.1, 0.15) is 0 Å². The molecule has 0 saturated heterocycles. The lowest BCUT2D eigenvalue weighted by Gasteiger charge is -2.02. The summed E-state index contributed by atoms with van der Waals surface area (Å²) >= 11 is 0. The van der Waals surface area contributed by atoms with E-state index in [0.717, 1.165) is 0 Å². The highest BCUT2D eigenvalue weighted by Crippen LogP contribution is 2.12. The third-order valence-corrected chi connectivity index (χ3v) is 1.42. The van der Waals surface area contributed by atoms with E-state index in [1.807, 2.05) is 0 Å². The van der Waals surface area contributed by atoms with Crippen molar-refractivity contribution in [3.05, 3.63) is 12.2 Å². The van der Waals surface area contributed by atoms with Crippen LogP contribution < -0.4 is 0 Å². The molecule has 0 unspecified atom stereocenters. The number of hydrogen-bond donors (Lipinski definition) is 1. The summed E-state index contributed by atoms with van der Waals surface area (Å²) in [7, 11) is 0. The first-order valence-corrected chi connectivity index (χ1v) is 2.62. The van der Waals surface area contributed by atoms with Crippen molar-refractivity contribution in [2.75, 3.05) is 0 Å². The fourth-order valence-electron chi connectivity index (χ4n) is 0.680. The van der Waals surface area contributed by atoms with Crippen LogP contribution in [0.5, 0.6) is 0 Å². The average Bonchev–Trinajstić information content (AvgIpc) is 1.98. The number of allylic oxidation sites excluding steroid dienone is 1. The zero-order valence-corrected chi connectivity index (χ0v) is 4.66. The highest BCUT2D eigenvalue weighted by Gasteiger charge is 2.22. The number of aliphatic hydroxyl groups is 1. The Morgan fingerprint density at radius 2 is 2.38 bits per heavy atom. The molecule has 2 heteroatoms. The van der Waals surface area contributed by atoms with Crippen LogP contribution in [0.3, 0.4) is 0 Å². The molecule has 0 bridgehead atoms. The minimum Gasteiger partial charge on any atom is -0.388 e. The number of aliphatic hydroxyl groups excluding tert-OH is 1. The molecule has 0 aromatic carbocycles. The highest BCUT2D eigenvalue weighted by atomic mass is 16.3.